The number of benzene rings is 1. The molecule has 31 heavy (non-hydrogen) atoms. The average Bonchev–Trinajstić information content (AvgIpc) is 2.72. The third kappa shape index (κ3) is 5.63. The lowest BCUT2D eigenvalue weighted by Crippen LogP contribution is -2.32. The van der Waals surface area contributed by atoms with Crippen LogP contribution in [0.1, 0.15) is 51.7 Å². The van der Waals surface area contributed by atoms with Crippen LogP contribution >= 0.6 is 0 Å². The molecule has 0 fully saturated rings. The second-order valence-electron chi connectivity index (χ2n) is 6.79. The van der Waals surface area contributed by atoms with E-state index < -0.39 is 23.8 Å². The molecule has 0 amide bonds. The molecule has 1 N–H and O–H groups in total. The van der Waals surface area contributed by atoms with Crippen LogP contribution < -0.4 is 5.32 Å². The molecule has 0 unspecified atom stereocenters. The van der Waals surface area contributed by atoms with Gasteiger partial charge in [0.05, 0.1) is 36.9 Å². The van der Waals surface area contributed by atoms with Crippen molar-refractivity contribution in [2.75, 3.05) is 19.8 Å². The van der Waals surface area contributed by atoms with Gasteiger partial charge in [0.1, 0.15) is 0 Å². The highest BCUT2D eigenvalue weighted by Gasteiger charge is 2.38. The van der Waals surface area contributed by atoms with Crippen molar-refractivity contribution < 1.29 is 28.6 Å². The van der Waals surface area contributed by atoms with E-state index in [1.165, 1.54) is 6.08 Å². The van der Waals surface area contributed by atoms with Crippen LogP contribution in [0.25, 0.3) is 6.08 Å². The standard InChI is InChI=1S/C24H29NO6/c1-6-29-19(26)14-13-17-11-9-10-12-18(17)22-20(23(27)30-7-2)15(4)25-16(5)21(22)24(28)31-8-3/h9-14,22,25H,6-8H2,1-5H3/b14-13-. The largest absolute Gasteiger partial charge is 0.463 e. The molecule has 1 heterocycles. The summed E-state index contributed by atoms with van der Waals surface area (Å²) >= 11 is 0. The van der Waals surface area contributed by atoms with Gasteiger partial charge in [0.25, 0.3) is 0 Å². The van der Waals surface area contributed by atoms with Gasteiger partial charge in [0, 0.05) is 17.5 Å². The Morgan fingerprint density at radius 3 is 1.90 bits per heavy atom. The molecule has 1 aliphatic rings. The van der Waals surface area contributed by atoms with Gasteiger partial charge in [-0.15, -0.1) is 0 Å². The van der Waals surface area contributed by atoms with Crippen molar-refractivity contribution >= 4 is 24.0 Å². The number of carbonyl (C=O) groups excluding carboxylic acids is 3. The topological polar surface area (TPSA) is 90.9 Å². The molecule has 7 nitrogen and oxygen atoms in total. The molecule has 0 aromatic heterocycles. The summed E-state index contributed by atoms with van der Waals surface area (Å²) in [5.41, 5.74) is 3.19. The Morgan fingerprint density at radius 1 is 0.871 bits per heavy atom. The summed E-state index contributed by atoms with van der Waals surface area (Å²) in [7, 11) is 0. The van der Waals surface area contributed by atoms with Gasteiger partial charge in [0.2, 0.25) is 0 Å². The molecule has 0 saturated carbocycles. The maximum atomic E-state index is 12.9. The number of esters is 3. The Balaban J connectivity index is 2.68. The molecule has 0 atom stereocenters. The number of dihydropyridines is 1. The van der Waals surface area contributed by atoms with Crippen molar-refractivity contribution in [3.63, 3.8) is 0 Å². The molecule has 2 rings (SSSR count). The van der Waals surface area contributed by atoms with Crippen LogP contribution in [0.5, 0.6) is 0 Å². The van der Waals surface area contributed by atoms with E-state index in [1.54, 1.807) is 40.7 Å². The minimum Gasteiger partial charge on any atom is -0.463 e. The first kappa shape index (κ1) is 23.9. The minimum absolute atomic E-state index is 0.199. The zero-order chi connectivity index (χ0) is 23.0. The molecular weight excluding hydrogens is 398 g/mol. The molecule has 0 saturated heterocycles. The third-order valence-corrected chi connectivity index (χ3v) is 4.74. The van der Waals surface area contributed by atoms with Crippen molar-refractivity contribution in [2.24, 2.45) is 0 Å². The average molecular weight is 427 g/mol. The highest BCUT2D eigenvalue weighted by molar-refractivity contribution is 6.00. The fourth-order valence-corrected chi connectivity index (χ4v) is 3.54. The Morgan fingerprint density at radius 2 is 1.39 bits per heavy atom. The molecule has 0 aliphatic carbocycles. The van der Waals surface area contributed by atoms with Gasteiger partial charge in [-0.05, 0) is 51.8 Å². The lowest BCUT2D eigenvalue weighted by molar-refractivity contribution is -0.140. The Labute approximate surface area is 182 Å². The maximum absolute atomic E-state index is 12.9. The molecule has 1 aromatic carbocycles. The highest BCUT2D eigenvalue weighted by Crippen LogP contribution is 2.40. The molecule has 7 heteroatoms. The summed E-state index contributed by atoms with van der Waals surface area (Å²) in [5, 5.41) is 3.11. The molecule has 1 aliphatic heterocycles. The Bertz CT molecular complexity index is 901. The molecule has 0 spiro atoms. The fourth-order valence-electron chi connectivity index (χ4n) is 3.54. The SMILES string of the molecule is CCOC(=O)/C=C\c1ccccc1C1C(C(=O)OCC)=C(C)NC(C)=C1C(=O)OCC. The van der Waals surface area contributed by atoms with E-state index in [1.807, 2.05) is 24.3 Å². The maximum Gasteiger partial charge on any atom is 0.336 e. The number of hydrogen-bond acceptors (Lipinski definition) is 7. The van der Waals surface area contributed by atoms with Gasteiger partial charge in [-0.3, -0.25) is 0 Å². The zero-order valence-corrected chi connectivity index (χ0v) is 18.6. The van der Waals surface area contributed by atoms with Gasteiger partial charge in [0.15, 0.2) is 0 Å². The van der Waals surface area contributed by atoms with Crippen molar-refractivity contribution in [3.8, 4) is 0 Å². The molecule has 0 radical (unpaired) electrons. The highest BCUT2D eigenvalue weighted by atomic mass is 16.5. The molecule has 166 valence electrons. The van der Waals surface area contributed by atoms with Crippen LogP contribution in [0.2, 0.25) is 0 Å². The van der Waals surface area contributed by atoms with E-state index in [0.29, 0.717) is 33.7 Å². The normalized spacial score (nSPS) is 14.5. The van der Waals surface area contributed by atoms with Crippen LogP contribution in [0, 0.1) is 0 Å². The second kappa shape index (κ2) is 11.2. The van der Waals surface area contributed by atoms with E-state index >= 15 is 0 Å². The summed E-state index contributed by atoms with van der Waals surface area (Å²) in [4.78, 5) is 37.6. The minimum atomic E-state index is -0.720. The fraction of sp³-hybridized carbons (Fsp3) is 0.375. The van der Waals surface area contributed by atoms with Gasteiger partial charge >= 0.3 is 17.9 Å². The summed E-state index contributed by atoms with van der Waals surface area (Å²) in [5.74, 6) is -2.23. The van der Waals surface area contributed by atoms with E-state index in [-0.39, 0.29) is 19.8 Å². The monoisotopic (exact) mass is 427 g/mol. The lowest BCUT2D eigenvalue weighted by Gasteiger charge is -2.31. The summed E-state index contributed by atoms with van der Waals surface area (Å²) in [6.45, 7) is 9.37. The zero-order valence-electron chi connectivity index (χ0n) is 18.6. The van der Waals surface area contributed by atoms with E-state index in [4.69, 9.17) is 14.2 Å². The number of carbonyl (C=O) groups is 3. The van der Waals surface area contributed by atoms with Crippen molar-refractivity contribution in [1.82, 2.24) is 5.32 Å². The van der Waals surface area contributed by atoms with Gasteiger partial charge in [-0.25, -0.2) is 14.4 Å². The van der Waals surface area contributed by atoms with Gasteiger partial charge in [-0.1, -0.05) is 24.3 Å². The number of allylic oxidation sites excluding steroid dienone is 2. The summed E-state index contributed by atoms with van der Waals surface area (Å²) in [6.07, 6.45) is 2.94. The van der Waals surface area contributed by atoms with Gasteiger partial charge < -0.3 is 19.5 Å². The first-order valence-corrected chi connectivity index (χ1v) is 10.3. The van der Waals surface area contributed by atoms with Crippen LogP contribution in [0.15, 0.2) is 52.9 Å². The summed E-state index contributed by atoms with van der Waals surface area (Å²) in [6, 6.07) is 7.26. The van der Waals surface area contributed by atoms with Crippen LogP contribution in [0.4, 0.5) is 0 Å². The molecule has 1 aromatic rings. The predicted octanol–water partition coefficient (Wildman–Crippen LogP) is 3.62. The van der Waals surface area contributed by atoms with Crippen LogP contribution in [-0.4, -0.2) is 37.7 Å². The number of nitrogens with one attached hydrogen (secondary N) is 1. The van der Waals surface area contributed by atoms with Crippen molar-refractivity contribution in [2.45, 2.75) is 40.5 Å². The van der Waals surface area contributed by atoms with Crippen LogP contribution in [-0.2, 0) is 28.6 Å². The van der Waals surface area contributed by atoms with E-state index in [2.05, 4.69) is 5.32 Å². The number of hydrogen-bond donors (Lipinski definition) is 1. The quantitative estimate of drug-likeness (QED) is 0.385. The second-order valence-corrected chi connectivity index (χ2v) is 6.79. The molecular formula is C24H29NO6. The number of rotatable bonds is 8. The Kier molecular flexibility index (Phi) is 8.61. The first-order chi connectivity index (χ1) is 14.8. The summed E-state index contributed by atoms with van der Waals surface area (Å²) < 4.78 is 15.5. The van der Waals surface area contributed by atoms with E-state index in [0.717, 1.165) is 0 Å². The third-order valence-electron chi connectivity index (χ3n) is 4.74. The first-order valence-electron chi connectivity index (χ1n) is 10.3. The van der Waals surface area contributed by atoms with E-state index in [9.17, 15) is 14.4 Å². The number of ether oxygens (including phenoxy) is 3. The molecule has 0 bridgehead atoms. The van der Waals surface area contributed by atoms with Crippen molar-refractivity contribution in [3.05, 3.63) is 64.0 Å². The smallest absolute Gasteiger partial charge is 0.336 e. The predicted molar refractivity (Wildman–Crippen MR) is 117 cm³/mol. The van der Waals surface area contributed by atoms with Gasteiger partial charge in [-0.2, -0.15) is 0 Å². The Hall–Kier alpha value is -3.35. The van der Waals surface area contributed by atoms with Crippen LogP contribution in [0.3, 0.4) is 0 Å². The van der Waals surface area contributed by atoms with Crippen molar-refractivity contribution in [1.29, 1.82) is 0 Å². The lowest BCUT2D eigenvalue weighted by atomic mass is 9.78.